The second kappa shape index (κ2) is 3.76. The van der Waals surface area contributed by atoms with Crippen molar-refractivity contribution in [2.45, 2.75) is 76.8 Å². The summed E-state index contributed by atoms with van der Waals surface area (Å²) in [6.45, 7) is 7.63. The predicted molar refractivity (Wildman–Crippen MR) is 78.9 cm³/mol. The fraction of sp³-hybridized carbons (Fsp3) is 1.00. The minimum absolute atomic E-state index is 0.433. The molecule has 108 valence electrons. The van der Waals surface area contributed by atoms with Crippen LogP contribution in [0, 0.1) is 16.7 Å². The van der Waals surface area contributed by atoms with Crippen molar-refractivity contribution in [3.63, 3.8) is 0 Å². The summed E-state index contributed by atoms with van der Waals surface area (Å²) in [6.07, 6.45) is 11.4. The normalized spacial score (nSPS) is 57.6. The number of nitrogens with zero attached hydrogens (tertiary/aromatic N) is 1. The molecular formula is C17H30N2. The molecule has 19 heavy (non-hydrogen) atoms. The van der Waals surface area contributed by atoms with Crippen LogP contribution >= 0.6 is 0 Å². The van der Waals surface area contributed by atoms with Crippen LogP contribution in [-0.2, 0) is 0 Å². The molecule has 0 aromatic heterocycles. The lowest BCUT2D eigenvalue weighted by atomic mass is 9.42. The van der Waals surface area contributed by atoms with Gasteiger partial charge in [0.1, 0.15) is 0 Å². The fourth-order valence-corrected chi connectivity index (χ4v) is 7.18. The molecule has 5 fully saturated rings. The Bertz CT molecular complexity index is 373. The van der Waals surface area contributed by atoms with E-state index in [4.69, 9.17) is 5.73 Å². The highest BCUT2D eigenvalue weighted by Gasteiger charge is 2.61. The lowest BCUT2D eigenvalue weighted by Crippen LogP contribution is -2.67. The third-order valence-electron chi connectivity index (χ3n) is 6.73. The Labute approximate surface area is 118 Å². The fourth-order valence-electron chi connectivity index (χ4n) is 7.18. The molecule has 0 radical (unpaired) electrons. The molecule has 0 spiro atoms. The number of piperidine rings is 1. The Morgan fingerprint density at radius 2 is 1.68 bits per heavy atom. The Hall–Kier alpha value is -0.0800. The maximum Gasteiger partial charge on any atom is 0.0223 e. The summed E-state index contributed by atoms with van der Waals surface area (Å²) in [5.74, 6) is 1.00. The quantitative estimate of drug-likeness (QED) is 0.786. The summed E-state index contributed by atoms with van der Waals surface area (Å²) in [4.78, 5) is 2.84. The van der Waals surface area contributed by atoms with Crippen molar-refractivity contribution in [3.05, 3.63) is 0 Å². The van der Waals surface area contributed by atoms with E-state index in [0.29, 0.717) is 22.4 Å². The highest BCUT2D eigenvalue weighted by molar-refractivity contribution is 5.15. The molecule has 3 unspecified atom stereocenters. The molecular weight excluding hydrogens is 232 g/mol. The van der Waals surface area contributed by atoms with E-state index in [1.807, 2.05) is 0 Å². The van der Waals surface area contributed by atoms with Crippen LogP contribution in [0.2, 0.25) is 0 Å². The summed E-state index contributed by atoms with van der Waals surface area (Å²) >= 11 is 0. The first-order valence-electron chi connectivity index (χ1n) is 8.41. The molecule has 1 saturated heterocycles. The van der Waals surface area contributed by atoms with E-state index in [9.17, 15) is 0 Å². The summed E-state index contributed by atoms with van der Waals surface area (Å²) in [5, 5.41) is 0. The lowest BCUT2D eigenvalue weighted by molar-refractivity contribution is -0.165. The minimum Gasteiger partial charge on any atom is -0.327 e. The molecule has 0 amide bonds. The molecule has 4 aliphatic carbocycles. The van der Waals surface area contributed by atoms with Gasteiger partial charge in [0, 0.05) is 18.1 Å². The van der Waals surface area contributed by atoms with Crippen molar-refractivity contribution in [1.82, 2.24) is 4.90 Å². The number of nitrogens with two attached hydrogens (primary N) is 1. The summed E-state index contributed by atoms with van der Waals surface area (Å²) in [5.41, 5.74) is 8.07. The summed E-state index contributed by atoms with van der Waals surface area (Å²) in [6, 6.07) is 0.433. The zero-order chi connectivity index (χ0) is 13.3. The Kier molecular flexibility index (Phi) is 2.50. The van der Waals surface area contributed by atoms with Crippen molar-refractivity contribution in [2.75, 3.05) is 13.1 Å². The van der Waals surface area contributed by atoms with Crippen LogP contribution in [0.4, 0.5) is 0 Å². The molecule has 4 bridgehead atoms. The van der Waals surface area contributed by atoms with E-state index >= 15 is 0 Å². The van der Waals surface area contributed by atoms with E-state index in [1.165, 1.54) is 64.5 Å². The van der Waals surface area contributed by atoms with Gasteiger partial charge in [0.05, 0.1) is 0 Å². The first kappa shape index (κ1) is 12.6. The Morgan fingerprint density at radius 1 is 1.00 bits per heavy atom. The largest absolute Gasteiger partial charge is 0.327 e. The third kappa shape index (κ3) is 1.90. The highest BCUT2D eigenvalue weighted by Crippen LogP contribution is 2.67. The molecule has 0 aromatic carbocycles. The molecule has 3 atom stereocenters. The van der Waals surface area contributed by atoms with E-state index in [2.05, 4.69) is 18.7 Å². The Morgan fingerprint density at radius 3 is 2.26 bits per heavy atom. The second-order valence-corrected chi connectivity index (χ2v) is 9.20. The summed E-state index contributed by atoms with van der Waals surface area (Å²) < 4.78 is 0. The molecule has 2 nitrogen and oxygen atoms in total. The van der Waals surface area contributed by atoms with Crippen LogP contribution in [0.5, 0.6) is 0 Å². The van der Waals surface area contributed by atoms with Gasteiger partial charge in [0.25, 0.3) is 0 Å². The first-order valence-corrected chi connectivity index (χ1v) is 8.41. The predicted octanol–water partition coefficient (Wildman–Crippen LogP) is 3.16. The zero-order valence-corrected chi connectivity index (χ0v) is 12.8. The van der Waals surface area contributed by atoms with Crippen molar-refractivity contribution in [3.8, 4) is 0 Å². The standard InChI is InChI=1S/C17H30N2/c1-15-6-13-7-16(2,10-15)12-17(8-13,11-15)19-5-3-4-14(18)9-19/h13-14H,3-12,18H2,1-2H3. The minimum atomic E-state index is 0.433. The van der Waals surface area contributed by atoms with Gasteiger partial charge in [-0.15, -0.1) is 0 Å². The monoisotopic (exact) mass is 262 g/mol. The highest BCUT2D eigenvalue weighted by atomic mass is 15.2. The van der Waals surface area contributed by atoms with Gasteiger partial charge in [0.2, 0.25) is 0 Å². The molecule has 2 N–H and O–H groups in total. The number of likely N-dealkylation sites (tertiary alicyclic amines) is 1. The molecule has 0 aromatic rings. The van der Waals surface area contributed by atoms with Gasteiger partial charge < -0.3 is 5.73 Å². The van der Waals surface area contributed by atoms with Gasteiger partial charge >= 0.3 is 0 Å². The van der Waals surface area contributed by atoms with Crippen LogP contribution in [0.3, 0.4) is 0 Å². The average Bonchev–Trinajstić information content (AvgIpc) is 2.23. The number of hydrogen-bond acceptors (Lipinski definition) is 2. The van der Waals surface area contributed by atoms with Crippen LogP contribution < -0.4 is 5.73 Å². The van der Waals surface area contributed by atoms with E-state index in [1.54, 1.807) is 0 Å². The van der Waals surface area contributed by atoms with E-state index in [-0.39, 0.29) is 0 Å². The maximum absolute atomic E-state index is 6.27. The van der Waals surface area contributed by atoms with Gasteiger partial charge in [-0.1, -0.05) is 13.8 Å². The lowest BCUT2D eigenvalue weighted by Gasteiger charge is -2.68. The van der Waals surface area contributed by atoms with Gasteiger partial charge in [0.15, 0.2) is 0 Å². The average molecular weight is 262 g/mol. The molecule has 1 aliphatic heterocycles. The summed E-state index contributed by atoms with van der Waals surface area (Å²) in [7, 11) is 0. The molecule has 1 heterocycles. The van der Waals surface area contributed by atoms with E-state index < -0.39 is 0 Å². The molecule has 4 saturated carbocycles. The van der Waals surface area contributed by atoms with Crippen LogP contribution in [0.15, 0.2) is 0 Å². The first-order chi connectivity index (χ1) is 8.91. The topological polar surface area (TPSA) is 29.3 Å². The zero-order valence-electron chi connectivity index (χ0n) is 12.8. The van der Waals surface area contributed by atoms with Gasteiger partial charge in [-0.3, -0.25) is 4.90 Å². The second-order valence-electron chi connectivity index (χ2n) is 9.20. The number of hydrogen-bond donors (Lipinski definition) is 1. The third-order valence-corrected chi connectivity index (χ3v) is 6.73. The Balaban J connectivity index is 1.67. The van der Waals surface area contributed by atoms with Crippen LogP contribution in [-0.4, -0.2) is 29.6 Å². The van der Waals surface area contributed by atoms with Crippen molar-refractivity contribution >= 4 is 0 Å². The van der Waals surface area contributed by atoms with Gasteiger partial charge in [-0.25, -0.2) is 0 Å². The SMILES string of the molecule is CC12CC3CC(C)(C1)CC(N1CCCC(N)C1)(C3)C2. The number of rotatable bonds is 1. The molecule has 5 aliphatic rings. The van der Waals surface area contributed by atoms with Crippen molar-refractivity contribution in [2.24, 2.45) is 22.5 Å². The van der Waals surface area contributed by atoms with E-state index in [0.717, 1.165) is 5.92 Å². The molecule has 2 heteroatoms. The van der Waals surface area contributed by atoms with Crippen molar-refractivity contribution < 1.29 is 0 Å². The van der Waals surface area contributed by atoms with Crippen LogP contribution in [0.25, 0.3) is 0 Å². The van der Waals surface area contributed by atoms with Gasteiger partial charge in [-0.05, 0) is 74.7 Å². The maximum atomic E-state index is 6.27. The smallest absolute Gasteiger partial charge is 0.0223 e. The van der Waals surface area contributed by atoms with Crippen LogP contribution in [0.1, 0.15) is 65.2 Å². The van der Waals surface area contributed by atoms with Crippen molar-refractivity contribution in [1.29, 1.82) is 0 Å². The van der Waals surface area contributed by atoms with Gasteiger partial charge in [-0.2, -0.15) is 0 Å². The molecule has 5 rings (SSSR count).